The van der Waals surface area contributed by atoms with Crippen LogP contribution in [0, 0.1) is 5.41 Å². The quantitative estimate of drug-likeness (QED) is 0.800. The molecule has 0 bridgehead atoms. The van der Waals surface area contributed by atoms with Crippen LogP contribution in [-0.2, 0) is 13.1 Å². The smallest absolute Gasteiger partial charge is 0.0522 e. The van der Waals surface area contributed by atoms with E-state index >= 15 is 0 Å². The van der Waals surface area contributed by atoms with Gasteiger partial charge < -0.3 is 5.32 Å². The average molecular weight is 221 g/mol. The first-order chi connectivity index (χ1) is 7.73. The van der Waals surface area contributed by atoms with Crippen molar-refractivity contribution in [3.05, 3.63) is 18.0 Å². The molecular formula is C13H23N3. The lowest BCUT2D eigenvalue weighted by atomic mass is 9.70. The number of aromatic nitrogens is 2. The Balaban J connectivity index is 1.78. The van der Waals surface area contributed by atoms with Gasteiger partial charge in [0.15, 0.2) is 0 Å². The average Bonchev–Trinajstić information content (AvgIpc) is 2.64. The molecule has 1 saturated carbocycles. The highest BCUT2D eigenvalue weighted by atomic mass is 15.3. The number of hydrogen-bond donors (Lipinski definition) is 1. The molecule has 0 atom stereocenters. The molecule has 0 radical (unpaired) electrons. The van der Waals surface area contributed by atoms with Crippen LogP contribution in [0.15, 0.2) is 12.3 Å². The Bertz CT molecular complexity index is 326. The molecular weight excluding hydrogens is 198 g/mol. The lowest BCUT2D eigenvalue weighted by molar-refractivity contribution is 0.156. The third kappa shape index (κ3) is 2.64. The van der Waals surface area contributed by atoms with Gasteiger partial charge >= 0.3 is 0 Å². The van der Waals surface area contributed by atoms with Crippen molar-refractivity contribution in [2.75, 3.05) is 6.54 Å². The summed E-state index contributed by atoms with van der Waals surface area (Å²) in [5.74, 6) is 0. The Morgan fingerprint density at radius 2 is 2.31 bits per heavy atom. The zero-order valence-electron chi connectivity index (χ0n) is 10.5. The molecule has 1 heterocycles. The predicted octanol–water partition coefficient (Wildman–Crippen LogP) is 2.57. The topological polar surface area (TPSA) is 29.9 Å². The summed E-state index contributed by atoms with van der Waals surface area (Å²) < 4.78 is 2.11. The number of nitrogens with zero attached hydrogens (tertiary/aromatic N) is 2. The molecule has 1 aromatic heterocycles. The first-order valence-corrected chi connectivity index (χ1v) is 6.45. The number of rotatable bonds is 6. The lowest BCUT2D eigenvalue weighted by Gasteiger charge is -2.38. The van der Waals surface area contributed by atoms with Gasteiger partial charge in [0.1, 0.15) is 0 Å². The van der Waals surface area contributed by atoms with Gasteiger partial charge in [0.05, 0.1) is 5.69 Å². The fourth-order valence-electron chi connectivity index (χ4n) is 2.37. The Hall–Kier alpha value is -0.830. The van der Waals surface area contributed by atoms with Crippen LogP contribution in [0.5, 0.6) is 0 Å². The van der Waals surface area contributed by atoms with Crippen molar-refractivity contribution in [2.24, 2.45) is 5.41 Å². The summed E-state index contributed by atoms with van der Waals surface area (Å²) in [6.45, 7) is 7.70. The predicted molar refractivity (Wildman–Crippen MR) is 66.2 cm³/mol. The monoisotopic (exact) mass is 221 g/mol. The van der Waals surface area contributed by atoms with E-state index in [1.165, 1.54) is 25.0 Å². The zero-order valence-corrected chi connectivity index (χ0v) is 10.5. The minimum atomic E-state index is 0.565. The van der Waals surface area contributed by atoms with Crippen LogP contribution in [0.4, 0.5) is 0 Å². The van der Waals surface area contributed by atoms with Gasteiger partial charge in [-0.2, -0.15) is 5.10 Å². The SMILES string of the molecule is CCCn1nccc1CNCC1(C)CCC1. The maximum absolute atomic E-state index is 4.33. The zero-order chi connectivity index (χ0) is 11.4. The Kier molecular flexibility index (Phi) is 3.64. The maximum atomic E-state index is 4.33. The van der Waals surface area contributed by atoms with Crippen LogP contribution in [0.3, 0.4) is 0 Å². The molecule has 0 aliphatic heterocycles. The minimum Gasteiger partial charge on any atom is -0.311 e. The van der Waals surface area contributed by atoms with Gasteiger partial charge in [-0.1, -0.05) is 20.3 Å². The molecule has 3 nitrogen and oxygen atoms in total. The van der Waals surface area contributed by atoms with Crippen LogP contribution >= 0.6 is 0 Å². The molecule has 0 aromatic carbocycles. The van der Waals surface area contributed by atoms with Gasteiger partial charge in [-0.05, 0) is 30.7 Å². The third-order valence-corrected chi connectivity index (χ3v) is 3.66. The van der Waals surface area contributed by atoms with Crippen molar-refractivity contribution in [2.45, 2.75) is 52.6 Å². The van der Waals surface area contributed by atoms with Gasteiger partial charge in [-0.3, -0.25) is 4.68 Å². The molecule has 16 heavy (non-hydrogen) atoms. The van der Waals surface area contributed by atoms with Crippen LogP contribution in [0.1, 0.15) is 45.2 Å². The highest BCUT2D eigenvalue weighted by molar-refractivity contribution is 5.00. The Labute approximate surface area is 98.2 Å². The van der Waals surface area contributed by atoms with Crippen LogP contribution in [0.2, 0.25) is 0 Å². The maximum Gasteiger partial charge on any atom is 0.0522 e. The fourth-order valence-corrected chi connectivity index (χ4v) is 2.37. The molecule has 1 aromatic rings. The number of hydrogen-bond acceptors (Lipinski definition) is 2. The van der Waals surface area contributed by atoms with Crippen LogP contribution < -0.4 is 5.32 Å². The van der Waals surface area contributed by atoms with Gasteiger partial charge in [-0.25, -0.2) is 0 Å². The second-order valence-electron chi connectivity index (χ2n) is 5.31. The van der Waals surface area contributed by atoms with E-state index in [2.05, 4.69) is 35.0 Å². The van der Waals surface area contributed by atoms with E-state index in [0.717, 1.165) is 26.1 Å². The molecule has 0 saturated heterocycles. The van der Waals surface area contributed by atoms with Crippen molar-refractivity contribution >= 4 is 0 Å². The third-order valence-electron chi connectivity index (χ3n) is 3.66. The van der Waals surface area contributed by atoms with E-state index in [0.29, 0.717) is 5.41 Å². The van der Waals surface area contributed by atoms with E-state index in [1.54, 1.807) is 0 Å². The summed E-state index contributed by atoms with van der Waals surface area (Å²) in [6, 6.07) is 2.12. The van der Waals surface area contributed by atoms with E-state index < -0.39 is 0 Å². The van der Waals surface area contributed by atoms with Crippen molar-refractivity contribution < 1.29 is 0 Å². The molecule has 2 rings (SSSR count). The second kappa shape index (κ2) is 5.00. The van der Waals surface area contributed by atoms with Gasteiger partial charge in [0.2, 0.25) is 0 Å². The lowest BCUT2D eigenvalue weighted by Crippen LogP contribution is -2.37. The fraction of sp³-hybridized carbons (Fsp3) is 0.769. The summed E-state index contributed by atoms with van der Waals surface area (Å²) in [4.78, 5) is 0. The molecule has 1 aliphatic carbocycles. The molecule has 1 aliphatic rings. The van der Waals surface area contributed by atoms with Crippen LogP contribution in [0.25, 0.3) is 0 Å². The molecule has 0 amide bonds. The van der Waals surface area contributed by atoms with Crippen molar-refractivity contribution in [1.82, 2.24) is 15.1 Å². The Morgan fingerprint density at radius 1 is 1.50 bits per heavy atom. The summed E-state index contributed by atoms with van der Waals surface area (Å²) >= 11 is 0. The molecule has 1 N–H and O–H groups in total. The number of nitrogens with one attached hydrogen (secondary N) is 1. The molecule has 90 valence electrons. The molecule has 3 heteroatoms. The van der Waals surface area contributed by atoms with Crippen molar-refractivity contribution in [3.63, 3.8) is 0 Å². The second-order valence-corrected chi connectivity index (χ2v) is 5.31. The van der Waals surface area contributed by atoms with E-state index in [9.17, 15) is 0 Å². The summed E-state index contributed by atoms with van der Waals surface area (Å²) in [5.41, 5.74) is 1.88. The highest BCUT2D eigenvalue weighted by Gasteiger charge is 2.30. The van der Waals surface area contributed by atoms with Gasteiger partial charge in [0.25, 0.3) is 0 Å². The molecule has 1 fully saturated rings. The van der Waals surface area contributed by atoms with E-state index in [-0.39, 0.29) is 0 Å². The van der Waals surface area contributed by atoms with Crippen molar-refractivity contribution in [3.8, 4) is 0 Å². The van der Waals surface area contributed by atoms with Gasteiger partial charge in [-0.15, -0.1) is 0 Å². The normalized spacial score (nSPS) is 18.4. The first kappa shape index (κ1) is 11.6. The summed E-state index contributed by atoms with van der Waals surface area (Å²) in [5, 5.41) is 7.90. The summed E-state index contributed by atoms with van der Waals surface area (Å²) in [6.07, 6.45) is 7.22. The molecule has 0 unspecified atom stereocenters. The standard InChI is InChI=1S/C13H23N3/c1-3-9-16-12(5-8-15-16)10-14-11-13(2)6-4-7-13/h5,8,14H,3-4,6-7,9-11H2,1-2H3. The summed E-state index contributed by atoms with van der Waals surface area (Å²) in [7, 11) is 0. The highest BCUT2D eigenvalue weighted by Crippen LogP contribution is 2.39. The Morgan fingerprint density at radius 3 is 2.94 bits per heavy atom. The van der Waals surface area contributed by atoms with Crippen molar-refractivity contribution in [1.29, 1.82) is 0 Å². The van der Waals surface area contributed by atoms with Crippen LogP contribution in [-0.4, -0.2) is 16.3 Å². The van der Waals surface area contributed by atoms with E-state index in [1.807, 2.05) is 6.20 Å². The van der Waals surface area contributed by atoms with E-state index in [4.69, 9.17) is 0 Å². The largest absolute Gasteiger partial charge is 0.311 e. The van der Waals surface area contributed by atoms with Gasteiger partial charge in [0, 0.05) is 25.8 Å². The minimum absolute atomic E-state index is 0.565. The first-order valence-electron chi connectivity index (χ1n) is 6.45. The number of aryl methyl sites for hydroxylation is 1. The molecule has 0 spiro atoms.